The van der Waals surface area contributed by atoms with Crippen LogP contribution in [-0.2, 0) is 19.2 Å². The molecule has 3 atom stereocenters. The predicted molar refractivity (Wildman–Crippen MR) is 93.9 cm³/mol. The number of likely N-dealkylation sites (tertiary alicyclic amines) is 1. The third-order valence-electron chi connectivity index (χ3n) is 4.29. The first-order valence-electron chi connectivity index (χ1n) is 8.84. The number of amides is 3. The Morgan fingerprint density at radius 1 is 1.27 bits per heavy atom. The van der Waals surface area contributed by atoms with E-state index in [1.165, 1.54) is 11.8 Å². The predicted octanol–water partition coefficient (Wildman–Crippen LogP) is -1.86. The number of nitrogens with one attached hydrogen (secondary N) is 2. The van der Waals surface area contributed by atoms with Gasteiger partial charge in [-0.3, -0.25) is 19.2 Å². The van der Waals surface area contributed by atoms with Crippen molar-refractivity contribution >= 4 is 23.7 Å². The number of nitrogens with two attached hydrogens (primary N) is 2. The zero-order valence-electron chi connectivity index (χ0n) is 15.1. The first-order valence-corrected chi connectivity index (χ1v) is 8.84. The van der Waals surface area contributed by atoms with Crippen molar-refractivity contribution in [3.05, 3.63) is 0 Å². The smallest absolute Gasteiger partial charge is 0.322 e. The van der Waals surface area contributed by atoms with E-state index in [9.17, 15) is 19.2 Å². The van der Waals surface area contributed by atoms with Crippen LogP contribution in [0.25, 0.3) is 0 Å². The van der Waals surface area contributed by atoms with E-state index in [1.807, 2.05) is 0 Å². The molecule has 1 rings (SSSR count). The number of aliphatic carboxylic acids is 1. The van der Waals surface area contributed by atoms with Gasteiger partial charge in [-0.1, -0.05) is 6.42 Å². The number of carboxylic acid groups (broad SMARTS) is 1. The molecule has 1 heterocycles. The minimum atomic E-state index is -1.15. The summed E-state index contributed by atoms with van der Waals surface area (Å²) in [6.07, 6.45) is 3.07. The number of nitrogens with zero attached hydrogens (tertiary/aromatic N) is 1. The molecule has 1 aliphatic heterocycles. The van der Waals surface area contributed by atoms with Gasteiger partial charge in [-0.05, 0) is 39.2 Å². The molecule has 26 heavy (non-hydrogen) atoms. The molecule has 0 radical (unpaired) electrons. The van der Waals surface area contributed by atoms with Crippen LogP contribution in [0.4, 0.5) is 0 Å². The van der Waals surface area contributed by atoms with Crippen molar-refractivity contribution in [3.8, 4) is 0 Å². The van der Waals surface area contributed by atoms with Crippen LogP contribution in [0.5, 0.6) is 0 Å². The number of unbranched alkanes of at least 4 members (excludes halogenated alkanes) is 1. The van der Waals surface area contributed by atoms with Gasteiger partial charge in [-0.15, -0.1) is 0 Å². The van der Waals surface area contributed by atoms with Crippen molar-refractivity contribution in [1.29, 1.82) is 0 Å². The summed E-state index contributed by atoms with van der Waals surface area (Å²) in [6.45, 7) is 1.95. The van der Waals surface area contributed by atoms with Gasteiger partial charge in [0.1, 0.15) is 18.6 Å². The van der Waals surface area contributed by atoms with Gasteiger partial charge in [0.05, 0.1) is 6.04 Å². The Morgan fingerprint density at radius 3 is 2.58 bits per heavy atom. The molecule has 1 saturated heterocycles. The van der Waals surface area contributed by atoms with Crippen LogP contribution in [0.15, 0.2) is 0 Å². The van der Waals surface area contributed by atoms with E-state index in [0.717, 1.165) is 12.8 Å². The van der Waals surface area contributed by atoms with Crippen molar-refractivity contribution in [3.63, 3.8) is 0 Å². The molecule has 1 fully saturated rings. The summed E-state index contributed by atoms with van der Waals surface area (Å²) in [5.74, 6) is -2.47. The zero-order chi connectivity index (χ0) is 19.7. The van der Waals surface area contributed by atoms with Crippen molar-refractivity contribution < 1.29 is 24.3 Å². The molecule has 0 aliphatic carbocycles. The molecule has 0 aromatic rings. The number of carbonyl (C=O) groups is 4. The Labute approximate surface area is 152 Å². The van der Waals surface area contributed by atoms with E-state index in [-0.39, 0.29) is 5.91 Å². The molecule has 7 N–H and O–H groups in total. The van der Waals surface area contributed by atoms with Gasteiger partial charge in [0.25, 0.3) is 0 Å². The molecule has 10 nitrogen and oxygen atoms in total. The zero-order valence-corrected chi connectivity index (χ0v) is 15.1. The Balaban J connectivity index is 2.56. The van der Waals surface area contributed by atoms with E-state index < -0.39 is 42.5 Å². The molecule has 10 heteroatoms. The lowest BCUT2D eigenvalue weighted by Gasteiger charge is -2.27. The quantitative estimate of drug-likeness (QED) is 0.280. The molecule has 0 bridgehead atoms. The van der Waals surface area contributed by atoms with E-state index in [1.54, 1.807) is 0 Å². The molecule has 148 valence electrons. The van der Waals surface area contributed by atoms with Crippen molar-refractivity contribution in [1.82, 2.24) is 15.5 Å². The molecule has 1 aliphatic rings. The molecule has 0 aromatic carbocycles. The normalized spacial score (nSPS) is 18.9. The molecular formula is C16H29N5O5. The van der Waals surface area contributed by atoms with Crippen LogP contribution < -0.4 is 22.1 Å². The van der Waals surface area contributed by atoms with Crippen molar-refractivity contribution in [2.45, 2.75) is 57.2 Å². The second-order valence-corrected chi connectivity index (χ2v) is 6.42. The van der Waals surface area contributed by atoms with Gasteiger partial charge in [0, 0.05) is 6.54 Å². The van der Waals surface area contributed by atoms with Crippen LogP contribution >= 0.6 is 0 Å². The SMILES string of the molecule is CC(NC(=O)C(N)CCCCN)C(=O)N1CCCC1C(=O)NCC(=O)O. The van der Waals surface area contributed by atoms with Crippen LogP contribution in [0.3, 0.4) is 0 Å². The maximum Gasteiger partial charge on any atom is 0.322 e. The van der Waals surface area contributed by atoms with Gasteiger partial charge in [-0.25, -0.2) is 0 Å². The minimum absolute atomic E-state index is 0.382. The molecule has 0 saturated carbocycles. The summed E-state index contributed by atoms with van der Waals surface area (Å²) < 4.78 is 0. The van der Waals surface area contributed by atoms with Crippen LogP contribution in [0.1, 0.15) is 39.0 Å². The standard InChI is InChI=1S/C16H29N5O5/c1-10(20-14(24)11(18)5-2-3-7-17)16(26)21-8-4-6-12(21)15(25)19-9-13(22)23/h10-12H,2-9,17-18H2,1H3,(H,19,25)(H,20,24)(H,22,23). The van der Waals surface area contributed by atoms with E-state index >= 15 is 0 Å². The average molecular weight is 371 g/mol. The van der Waals surface area contributed by atoms with Crippen LogP contribution in [0, 0.1) is 0 Å². The number of rotatable bonds is 10. The molecule has 3 amide bonds. The highest BCUT2D eigenvalue weighted by Crippen LogP contribution is 2.18. The van der Waals surface area contributed by atoms with Crippen LogP contribution in [-0.4, -0.2) is 71.5 Å². The Hall–Kier alpha value is -2.20. The lowest BCUT2D eigenvalue weighted by atomic mass is 10.1. The Kier molecular flexibility index (Phi) is 9.00. The summed E-state index contributed by atoms with van der Waals surface area (Å²) in [5, 5.41) is 13.5. The van der Waals surface area contributed by atoms with Gasteiger partial charge in [0.2, 0.25) is 17.7 Å². The highest BCUT2D eigenvalue weighted by molar-refractivity contribution is 5.93. The Morgan fingerprint density at radius 2 is 1.96 bits per heavy atom. The fraction of sp³-hybridized carbons (Fsp3) is 0.750. The maximum atomic E-state index is 12.6. The topological polar surface area (TPSA) is 168 Å². The summed E-state index contributed by atoms with van der Waals surface area (Å²) in [7, 11) is 0. The van der Waals surface area contributed by atoms with Gasteiger partial charge in [-0.2, -0.15) is 0 Å². The lowest BCUT2D eigenvalue weighted by molar-refractivity contribution is -0.142. The fourth-order valence-electron chi connectivity index (χ4n) is 2.85. The maximum absolute atomic E-state index is 12.6. The highest BCUT2D eigenvalue weighted by Gasteiger charge is 2.36. The fourth-order valence-corrected chi connectivity index (χ4v) is 2.85. The summed E-state index contributed by atoms with van der Waals surface area (Å²) in [5.41, 5.74) is 11.2. The highest BCUT2D eigenvalue weighted by atomic mass is 16.4. The number of carbonyl (C=O) groups excluding carboxylic acids is 3. The van der Waals surface area contributed by atoms with E-state index in [2.05, 4.69) is 10.6 Å². The van der Waals surface area contributed by atoms with Gasteiger partial charge in [0.15, 0.2) is 0 Å². The second-order valence-electron chi connectivity index (χ2n) is 6.42. The average Bonchev–Trinajstić information content (AvgIpc) is 3.08. The van der Waals surface area contributed by atoms with Gasteiger partial charge >= 0.3 is 5.97 Å². The van der Waals surface area contributed by atoms with E-state index in [4.69, 9.17) is 16.6 Å². The van der Waals surface area contributed by atoms with Gasteiger partial charge < -0.3 is 32.1 Å². The number of hydrogen-bond acceptors (Lipinski definition) is 6. The molecule has 3 unspecified atom stereocenters. The summed E-state index contributed by atoms with van der Waals surface area (Å²) >= 11 is 0. The number of hydrogen-bond donors (Lipinski definition) is 5. The molecular weight excluding hydrogens is 342 g/mol. The first kappa shape index (κ1) is 21.8. The van der Waals surface area contributed by atoms with E-state index in [0.29, 0.717) is 32.4 Å². The largest absolute Gasteiger partial charge is 0.480 e. The van der Waals surface area contributed by atoms with Crippen molar-refractivity contribution in [2.75, 3.05) is 19.6 Å². The number of carboxylic acids is 1. The Bertz CT molecular complexity index is 527. The summed E-state index contributed by atoms with van der Waals surface area (Å²) in [4.78, 5) is 48.7. The van der Waals surface area contributed by atoms with Crippen LogP contribution in [0.2, 0.25) is 0 Å². The molecule has 0 spiro atoms. The third kappa shape index (κ3) is 6.60. The lowest BCUT2D eigenvalue weighted by Crippen LogP contribution is -2.54. The first-order chi connectivity index (χ1) is 12.3. The van der Waals surface area contributed by atoms with Crippen molar-refractivity contribution in [2.24, 2.45) is 11.5 Å². The second kappa shape index (κ2) is 10.7. The monoisotopic (exact) mass is 371 g/mol. The third-order valence-corrected chi connectivity index (χ3v) is 4.29. The molecule has 0 aromatic heterocycles. The minimum Gasteiger partial charge on any atom is -0.480 e. The summed E-state index contributed by atoms with van der Waals surface area (Å²) in [6, 6.07) is -2.26.